The van der Waals surface area contributed by atoms with Crippen molar-refractivity contribution >= 4 is 115 Å². The van der Waals surface area contributed by atoms with E-state index in [1.165, 1.54) is 0 Å². The van der Waals surface area contributed by atoms with E-state index in [0.29, 0.717) is 11.3 Å². The van der Waals surface area contributed by atoms with Crippen molar-refractivity contribution < 1.29 is 8.83 Å². The molecule has 0 spiro atoms. The van der Waals surface area contributed by atoms with Gasteiger partial charge in [0.1, 0.15) is 22.3 Å². The summed E-state index contributed by atoms with van der Waals surface area (Å²) in [4.78, 5) is 4.08. The zero-order valence-corrected chi connectivity index (χ0v) is 37.2. The molecule has 0 bridgehead atoms. The molecule has 0 unspecified atom stereocenters. The smallest absolute Gasteiger partial charge is 0.208 e. The summed E-state index contributed by atoms with van der Waals surface area (Å²) in [5.41, 5.74) is 13.7. The highest BCUT2D eigenvalue weighted by Gasteiger charge is 2.24. The minimum absolute atomic E-state index is 0.288. The summed E-state index contributed by atoms with van der Waals surface area (Å²) in [6.45, 7) is 8.58. The Morgan fingerprint density at radius 3 is 1.34 bits per heavy atom. The normalized spacial score (nSPS) is 12.0. The van der Waals surface area contributed by atoms with E-state index >= 15 is 0 Å². The van der Waals surface area contributed by atoms with Crippen molar-refractivity contribution in [1.29, 1.82) is 5.26 Å². The largest absolute Gasteiger partial charge is 0.456 e. The average molecular weight is 891 g/mol. The minimum atomic E-state index is 0.288. The Balaban J connectivity index is 0.983. The maximum absolute atomic E-state index is 11.1. The first-order chi connectivity index (χ1) is 34.6. The first kappa shape index (κ1) is 38.2. The molecule has 0 atom stereocenters. The van der Waals surface area contributed by atoms with Crippen molar-refractivity contribution in [2.45, 2.75) is 0 Å². The lowest BCUT2D eigenvalue weighted by Gasteiger charge is -2.16. The van der Waals surface area contributed by atoms with Gasteiger partial charge in [-0.15, -0.1) is 0 Å². The van der Waals surface area contributed by atoms with Crippen LogP contribution in [-0.4, -0.2) is 9.13 Å². The van der Waals surface area contributed by atoms with Gasteiger partial charge in [-0.05, 0) is 129 Å². The van der Waals surface area contributed by atoms with Crippen LogP contribution in [0, 0.1) is 17.9 Å². The molecule has 0 saturated heterocycles. The SMILES string of the molecule is [C-]#[N+]c1cc(-n2c3ccc(-c4ccc5oc6ccccc6c5c4)cc3c3c4ccccc4ccc32)cc(-n2c3ccc(-c4ccc5oc6ccccc6c5c4)cc3c3c4ccccc4ccc32)c1C#N. The van der Waals surface area contributed by atoms with Crippen LogP contribution >= 0.6 is 0 Å². The molecule has 0 aliphatic carbocycles. The van der Waals surface area contributed by atoms with Crippen molar-refractivity contribution in [3.63, 3.8) is 0 Å². The molecule has 15 rings (SSSR count). The summed E-state index contributed by atoms with van der Waals surface area (Å²) in [6.07, 6.45) is 0. The predicted octanol–water partition coefficient (Wildman–Crippen LogP) is 17.7. The number of para-hydroxylation sites is 2. The summed E-state index contributed by atoms with van der Waals surface area (Å²) >= 11 is 0. The van der Waals surface area contributed by atoms with E-state index in [4.69, 9.17) is 15.4 Å². The number of nitriles is 1. The second-order valence-electron chi connectivity index (χ2n) is 18.2. The molecule has 0 saturated carbocycles. The van der Waals surface area contributed by atoms with Gasteiger partial charge in [0.2, 0.25) is 5.69 Å². The van der Waals surface area contributed by atoms with Gasteiger partial charge in [-0.1, -0.05) is 121 Å². The Morgan fingerprint density at radius 1 is 0.386 bits per heavy atom. The average Bonchev–Trinajstić information content (AvgIpc) is 4.17. The number of rotatable bonds is 4. The van der Waals surface area contributed by atoms with E-state index in [9.17, 15) is 5.26 Å². The molecule has 0 amide bonds. The van der Waals surface area contributed by atoms with Crippen LogP contribution in [0.2, 0.25) is 0 Å². The van der Waals surface area contributed by atoms with Crippen molar-refractivity contribution in [2.75, 3.05) is 0 Å². The van der Waals surface area contributed by atoms with Gasteiger partial charge in [-0.25, -0.2) is 4.85 Å². The van der Waals surface area contributed by atoms with Crippen LogP contribution in [-0.2, 0) is 0 Å². The maximum atomic E-state index is 11.1. The Hall–Kier alpha value is -9.88. The molecule has 322 valence electrons. The van der Waals surface area contributed by atoms with Crippen molar-refractivity contribution in [1.82, 2.24) is 9.13 Å². The Morgan fingerprint density at radius 2 is 0.814 bits per heavy atom. The van der Waals surface area contributed by atoms with E-state index in [-0.39, 0.29) is 5.69 Å². The number of nitrogens with zero attached hydrogens (tertiary/aromatic N) is 4. The number of hydrogen-bond donors (Lipinski definition) is 0. The monoisotopic (exact) mass is 890 g/mol. The Kier molecular flexibility index (Phi) is 7.82. The van der Waals surface area contributed by atoms with Gasteiger partial charge >= 0.3 is 0 Å². The van der Waals surface area contributed by atoms with Gasteiger partial charge in [0.15, 0.2) is 0 Å². The summed E-state index contributed by atoms with van der Waals surface area (Å²) in [5, 5.41) is 24.3. The van der Waals surface area contributed by atoms with Crippen LogP contribution in [0.1, 0.15) is 5.56 Å². The third-order valence-corrected chi connectivity index (χ3v) is 14.5. The van der Waals surface area contributed by atoms with Gasteiger partial charge in [-0.3, -0.25) is 0 Å². The highest BCUT2D eigenvalue weighted by atomic mass is 16.3. The number of benzene rings is 11. The molecule has 70 heavy (non-hydrogen) atoms. The van der Waals surface area contributed by atoms with Crippen LogP contribution in [0.5, 0.6) is 0 Å². The Labute approximate surface area is 399 Å². The fourth-order valence-electron chi connectivity index (χ4n) is 11.4. The van der Waals surface area contributed by atoms with Crippen LogP contribution in [0.15, 0.2) is 215 Å². The number of fused-ring (bicyclic) bond motifs is 16. The highest BCUT2D eigenvalue weighted by Crippen LogP contribution is 2.45. The van der Waals surface area contributed by atoms with Crippen LogP contribution in [0.25, 0.3) is 148 Å². The van der Waals surface area contributed by atoms with Gasteiger partial charge in [0.05, 0.1) is 46.0 Å². The third-order valence-electron chi connectivity index (χ3n) is 14.5. The molecule has 0 fully saturated rings. The van der Waals surface area contributed by atoms with E-state index < -0.39 is 0 Å². The van der Waals surface area contributed by atoms with Crippen LogP contribution in [0.4, 0.5) is 5.69 Å². The molecule has 0 aliphatic rings. The molecule has 6 heteroatoms. The Bertz CT molecular complexity index is 4870. The van der Waals surface area contributed by atoms with Crippen LogP contribution in [0.3, 0.4) is 0 Å². The topological polar surface area (TPSA) is 64.3 Å². The van der Waals surface area contributed by atoms with E-state index in [1.807, 2.05) is 36.4 Å². The first-order valence-corrected chi connectivity index (χ1v) is 23.3. The predicted molar refractivity (Wildman–Crippen MR) is 287 cm³/mol. The minimum Gasteiger partial charge on any atom is -0.456 e. The summed E-state index contributed by atoms with van der Waals surface area (Å²) < 4.78 is 16.9. The molecule has 15 aromatic rings. The van der Waals surface area contributed by atoms with E-state index in [1.54, 1.807) is 0 Å². The molecule has 6 nitrogen and oxygen atoms in total. The maximum Gasteiger partial charge on any atom is 0.208 e. The number of furan rings is 2. The molecule has 4 heterocycles. The molecule has 0 N–H and O–H groups in total. The zero-order chi connectivity index (χ0) is 46.2. The van der Waals surface area contributed by atoms with Gasteiger partial charge in [0.25, 0.3) is 0 Å². The number of aromatic nitrogens is 2. The zero-order valence-electron chi connectivity index (χ0n) is 37.2. The molecule has 0 aliphatic heterocycles. The first-order valence-electron chi connectivity index (χ1n) is 23.3. The van der Waals surface area contributed by atoms with Crippen molar-refractivity contribution in [2.24, 2.45) is 0 Å². The quantitative estimate of drug-likeness (QED) is 0.165. The molecule has 0 radical (unpaired) electrons. The van der Waals surface area contributed by atoms with Gasteiger partial charge in [-0.2, -0.15) is 5.26 Å². The standard InChI is InChI=1S/C64H34N4O2/c1-66-53-34-43(67-54-24-20-39(32-50(54)63-44-12-4-2-10-37(44)18-26-56(63)67)41-22-28-61-48(30-41)46-14-6-8-16-59(46)69-61)35-58(52(53)36-65)68-55-25-21-40(33-51(55)64-45-13-5-3-11-38(45)19-27-57(64)68)42-23-29-62-49(31-42)47-15-7-9-17-60(47)70-62/h2-35H. The van der Waals surface area contributed by atoms with Gasteiger partial charge < -0.3 is 18.0 Å². The summed E-state index contributed by atoms with van der Waals surface area (Å²) in [7, 11) is 0. The van der Waals surface area contributed by atoms with Crippen molar-refractivity contribution in [3.8, 4) is 39.7 Å². The summed E-state index contributed by atoms with van der Waals surface area (Å²) in [6, 6.07) is 74.6. The number of hydrogen-bond acceptors (Lipinski definition) is 3. The second-order valence-corrected chi connectivity index (χ2v) is 18.2. The van der Waals surface area contributed by atoms with Crippen molar-refractivity contribution in [3.05, 3.63) is 223 Å². The molecule has 4 aromatic heterocycles. The second kappa shape index (κ2) is 14.3. The third kappa shape index (κ3) is 5.36. The fourth-order valence-corrected chi connectivity index (χ4v) is 11.4. The lowest BCUT2D eigenvalue weighted by molar-refractivity contribution is 0.668. The fraction of sp³-hybridized carbons (Fsp3) is 0. The molecule has 11 aromatic carbocycles. The molecular weight excluding hydrogens is 857 g/mol. The van der Waals surface area contributed by atoms with Crippen LogP contribution < -0.4 is 0 Å². The molecular formula is C64H34N4O2. The van der Waals surface area contributed by atoms with E-state index in [2.05, 4.69) is 190 Å². The lowest BCUT2D eigenvalue weighted by atomic mass is 9.99. The van der Waals surface area contributed by atoms with Gasteiger partial charge in [0, 0.05) is 48.8 Å². The van der Waals surface area contributed by atoms with E-state index in [0.717, 1.165) is 137 Å². The highest BCUT2D eigenvalue weighted by molar-refractivity contribution is 6.24. The lowest BCUT2D eigenvalue weighted by Crippen LogP contribution is -2.02. The summed E-state index contributed by atoms with van der Waals surface area (Å²) in [5.74, 6) is 0.